The molecular weight excluding hydrogens is 378 g/mol. The highest BCUT2D eigenvalue weighted by Gasteiger charge is 2.12. The third kappa shape index (κ3) is 4.33. The first kappa shape index (κ1) is 19.1. The number of nitrogens with zero attached hydrogens (tertiary/aromatic N) is 2. The van der Waals surface area contributed by atoms with Gasteiger partial charge in [-0.1, -0.05) is 30.3 Å². The van der Waals surface area contributed by atoms with Gasteiger partial charge in [0.2, 0.25) is 5.88 Å². The predicted molar refractivity (Wildman–Crippen MR) is 110 cm³/mol. The van der Waals surface area contributed by atoms with Crippen LogP contribution >= 0.6 is 12.2 Å². The molecule has 4 N–H and O–H groups in total. The first-order valence-electron chi connectivity index (χ1n) is 8.26. The van der Waals surface area contributed by atoms with Crippen LogP contribution in [0.3, 0.4) is 0 Å². The molecule has 3 aromatic rings. The molecule has 0 fully saturated rings. The van der Waals surface area contributed by atoms with Gasteiger partial charge < -0.3 is 10.4 Å². The number of aryl methyl sites for hydroxylation is 1. The largest absolute Gasteiger partial charge is 0.494 e. The zero-order valence-electron chi connectivity index (χ0n) is 14.8. The zero-order chi connectivity index (χ0) is 20.1. The number of hydrogen-bond donors (Lipinski definition) is 4. The third-order valence-corrected chi connectivity index (χ3v) is 4.06. The van der Waals surface area contributed by atoms with E-state index in [4.69, 9.17) is 12.2 Å². The van der Waals surface area contributed by atoms with Crippen LogP contribution in [0.4, 0.5) is 10.5 Å². The molecular formula is C19H17N5O3S. The van der Waals surface area contributed by atoms with E-state index in [1.165, 1.54) is 4.57 Å². The maximum absolute atomic E-state index is 12.2. The molecule has 0 atom stereocenters. The molecule has 0 saturated carbocycles. The highest BCUT2D eigenvalue weighted by atomic mass is 32.1. The van der Waals surface area contributed by atoms with Gasteiger partial charge in [-0.2, -0.15) is 5.10 Å². The number of rotatable bonds is 4. The smallest absolute Gasteiger partial charge is 0.339 e. The summed E-state index contributed by atoms with van der Waals surface area (Å²) < 4.78 is 1.36. The standard InChI is InChI=1S/C19H17N5O3S/c1-12-6-5-9-14(10-12)24-17(26)15(16(25)22-19(24)28)11-20-23-18(27)21-13-7-3-2-4-8-13/h2-11,26H,1H3,(H2,21,23,27)(H,22,25,28)/b20-11+. The Morgan fingerprint density at radius 3 is 2.68 bits per heavy atom. The average Bonchev–Trinajstić information content (AvgIpc) is 2.65. The van der Waals surface area contributed by atoms with Crippen molar-refractivity contribution < 1.29 is 9.90 Å². The lowest BCUT2D eigenvalue weighted by Crippen LogP contribution is -2.25. The summed E-state index contributed by atoms with van der Waals surface area (Å²) in [6, 6.07) is 15.5. The Hall–Kier alpha value is -3.72. The number of aromatic amines is 1. The Balaban J connectivity index is 1.85. The summed E-state index contributed by atoms with van der Waals surface area (Å²) in [4.78, 5) is 26.5. The van der Waals surface area contributed by atoms with Crippen molar-refractivity contribution in [2.24, 2.45) is 5.10 Å². The molecule has 2 aromatic carbocycles. The maximum atomic E-state index is 12.2. The molecule has 1 aromatic heterocycles. The monoisotopic (exact) mass is 395 g/mol. The summed E-state index contributed by atoms with van der Waals surface area (Å²) in [6.07, 6.45) is 1.06. The van der Waals surface area contributed by atoms with Crippen LogP contribution in [0.25, 0.3) is 5.69 Å². The molecule has 2 amide bonds. The fourth-order valence-corrected chi connectivity index (χ4v) is 2.78. The number of aromatic nitrogens is 2. The highest BCUT2D eigenvalue weighted by Crippen LogP contribution is 2.19. The van der Waals surface area contributed by atoms with Crippen LogP contribution in [0.1, 0.15) is 11.1 Å². The Bertz CT molecular complexity index is 1150. The highest BCUT2D eigenvalue weighted by molar-refractivity contribution is 7.71. The van der Waals surface area contributed by atoms with Gasteiger partial charge in [-0.15, -0.1) is 0 Å². The molecule has 142 valence electrons. The number of hydrazone groups is 1. The van der Waals surface area contributed by atoms with Crippen LogP contribution in [0, 0.1) is 11.7 Å². The second kappa shape index (κ2) is 8.31. The number of amides is 2. The van der Waals surface area contributed by atoms with E-state index in [0.717, 1.165) is 11.8 Å². The summed E-state index contributed by atoms with van der Waals surface area (Å²) in [7, 11) is 0. The van der Waals surface area contributed by atoms with Gasteiger partial charge >= 0.3 is 6.03 Å². The van der Waals surface area contributed by atoms with Crippen LogP contribution in [0.2, 0.25) is 0 Å². The molecule has 28 heavy (non-hydrogen) atoms. The number of carbonyl (C=O) groups excluding carboxylic acids is 1. The van der Waals surface area contributed by atoms with E-state index in [0.29, 0.717) is 11.4 Å². The van der Waals surface area contributed by atoms with Crippen molar-refractivity contribution in [2.45, 2.75) is 6.92 Å². The van der Waals surface area contributed by atoms with E-state index in [9.17, 15) is 14.7 Å². The molecule has 0 bridgehead atoms. The molecule has 0 aliphatic heterocycles. The number of H-pyrrole nitrogens is 1. The first-order valence-corrected chi connectivity index (χ1v) is 8.67. The first-order chi connectivity index (χ1) is 13.5. The van der Waals surface area contributed by atoms with E-state index in [-0.39, 0.29) is 16.2 Å². The summed E-state index contributed by atoms with van der Waals surface area (Å²) in [5, 5.41) is 16.9. The van der Waals surface area contributed by atoms with Gasteiger partial charge in [-0.25, -0.2) is 10.2 Å². The molecule has 0 aliphatic rings. The number of hydrogen-bond acceptors (Lipinski definition) is 5. The van der Waals surface area contributed by atoms with Crippen molar-refractivity contribution in [3.63, 3.8) is 0 Å². The quantitative estimate of drug-likeness (QED) is 0.309. The maximum Gasteiger partial charge on any atom is 0.339 e. The molecule has 0 radical (unpaired) electrons. The van der Waals surface area contributed by atoms with E-state index in [2.05, 4.69) is 20.8 Å². The van der Waals surface area contributed by atoms with Gasteiger partial charge in [0.25, 0.3) is 5.56 Å². The number of urea groups is 1. The second-order valence-electron chi connectivity index (χ2n) is 5.86. The lowest BCUT2D eigenvalue weighted by molar-refractivity contribution is 0.252. The molecule has 0 saturated heterocycles. The molecule has 3 rings (SSSR count). The minimum Gasteiger partial charge on any atom is -0.494 e. The Labute approximate surface area is 165 Å². The topological polar surface area (TPSA) is 112 Å². The number of anilines is 1. The van der Waals surface area contributed by atoms with Crippen molar-refractivity contribution in [3.05, 3.63) is 80.8 Å². The van der Waals surface area contributed by atoms with Gasteiger partial charge in [0.05, 0.1) is 11.9 Å². The number of benzene rings is 2. The summed E-state index contributed by atoms with van der Waals surface area (Å²) in [6.45, 7) is 1.90. The van der Waals surface area contributed by atoms with E-state index < -0.39 is 11.6 Å². The van der Waals surface area contributed by atoms with E-state index in [1.807, 2.05) is 19.1 Å². The SMILES string of the molecule is Cc1cccc(-n2c(O)c(/C=N/NC(=O)Nc3ccccc3)c(=O)[nH]c2=S)c1. The van der Waals surface area contributed by atoms with Crippen molar-refractivity contribution in [1.82, 2.24) is 15.0 Å². The van der Waals surface area contributed by atoms with Crippen LogP contribution < -0.4 is 16.3 Å². The zero-order valence-corrected chi connectivity index (χ0v) is 15.7. The normalized spacial score (nSPS) is 10.8. The van der Waals surface area contributed by atoms with Crippen LogP contribution in [-0.2, 0) is 0 Å². The predicted octanol–water partition coefficient (Wildman–Crippen LogP) is 3.06. The molecule has 0 spiro atoms. The van der Waals surface area contributed by atoms with Gasteiger partial charge in [0, 0.05) is 5.69 Å². The number of para-hydroxylation sites is 1. The lowest BCUT2D eigenvalue weighted by Gasteiger charge is -2.11. The molecule has 1 heterocycles. The van der Waals surface area contributed by atoms with Crippen molar-refractivity contribution in [1.29, 1.82) is 0 Å². The van der Waals surface area contributed by atoms with E-state index in [1.54, 1.807) is 42.5 Å². The Kier molecular flexibility index (Phi) is 5.66. The minimum absolute atomic E-state index is 0.0417. The molecule has 0 aliphatic carbocycles. The van der Waals surface area contributed by atoms with Gasteiger partial charge in [0.1, 0.15) is 5.56 Å². The molecule has 0 unspecified atom stereocenters. The average molecular weight is 395 g/mol. The minimum atomic E-state index is -0.625. The van der Waals surface area contributed by atoms with Crippen molar-refractivity contribution in [2.75, 3.05) is 5.32 Å². The van der Waals surface area contributed by atoms with Crippen molar-refractivity contribution >= 4 is 30.2 Å². The summed E-state index contributed by atoms with van der Waals surface area (Å²) in [5.74, 6) is -0.381. The summed E-state index contributed by atoms with van der Waals surface area (Å²) in [5.41, 5.74) is 3.60. The number of aromatic hydroxyl groups is 1. The van der Waals surface area contributed by atoms with Crippen molar-refractivity contribution in [3.8, 4) is 11.6 Å². The van der Waals surface area contributed by atoms with Gasteiger partial charge in [-0.05, 0) is 49.0 Å². The second-order valence-corrected chi connectivity index (χ2v) is 6.25. The summed E-state index contributed by atoms with van der Waals surface area (Å²) >= 11 is 5.16. The number of nitrogens with one attached hydrogen (secondary N) is 3. The van der Waals surface area contributed by atoms with Gasteiger partial charge in [-0.3, -0.25) is 14.3 Å². The van der Waals surface area contributed by atoms with Crippen LogP contribution in [-0.4, -0.2) is 26.9 Å². The Morgan fingerprint density at radius 2 is 1.96 bits per heavy atom. The van der Waals surface area contributed by atoms with Gasteiger partial charge in [0.15, 0.2) is 4.77 Å². The fourth-order valence-electron chi connectivity index (χ4n) is 2.50. The Morgan fingerprint density at radius 1 is 1.21 bits per heavy atom. The fraction of sp³-hybridized carbons (Fsp3) is 0.0526. The van der Waals surface area contributed by atoms with E-state index >= 15 is 0 Å². The van der Waals surface area contributed by atoms with Crippen LogP contribution in [0.15, 0.2) is 64.5 Å². The third-order valence-electron chi connectivity index (χ3n) is 3.77. The molecule has 9 heteroatoms. The molecule has 8 nitrogen and oxygen atoms in total. The number of carbonyl (C=O) groups is 1. The lowest BCUT2D eigenvalue weighted by atomic mass is 10.2. The van der Waals surface area contributed by atoms with Crippen LogP contribution in [0.5, 0.6) is 5.88 Å².